The number of nitrogens with zero attached hydrogens (tertiary/aromatic N) is 2. The third kappa shape index (κ3) is 2.95. The Bertz CT molecular complexity index is 891. The highest BCUT2D eigenvalue weighted by atomic mass is 32.2. The highest BCUT2D eigenvalue weighted by Crippen LogP contribution is 2.54. The van der Waals surface area contributed by atoms with Crippen LogP contribution in [-0.2, 0) is 0 Å². The Morgan fingerprint density at radius 2 is 1.69 bits per heavy atom. The minimum absolute atomic E-state index is 0.444. The summed E-state index contributed by atoms with van der Waals surface area (Å²) < 4.78 is 0. The molecule has 1 unspecified atom stereocenters. The summed E-state index contributed by atoms with van der Waals surface area (Å²) in [7, 11) is 0. The molecule has 2 heterocycles. The van der Waals surface area contributed by atoms with E-state index < -0.39 is 0 Å². The van der Waals surface area contributed by atoms with Gasteiger partial charge >= 0.3 is 0 Å². The first-order valence-electron chi connectivity index (χ1n) is 9.29. The van der Waals surface area contributed by atoms with Gasteiger partial charge in [-0.3, -0.25) is 0 Å². The number of fused-ring (bicyclic) bond motifs is 1. The number of nitriles is 1. The van der Waals surface area contributed by atoms with E-state index in [0.29, 0.717) is 6.04 Å². The second kappa shape index (κ2) is 7.43. The van der Waals surface area contributed by atoms with Gasteiger partial charge in [0.05, 0.1) is 22.4 Å². The number of allylic oxidation sites excluding steroid dienone is 1. The lowest BCUT2D eigenvalue weighted by molar-refractivity contribution is 0.350. The van der Waals surface area contributed by atoms with E-state index in [4.69, 9.17) is 0 Å². The van der Waals surface area contributed by atoms with Crippen LogP contribution in [0.5, 0.6) is 0 Å². The van der Waals surface area contributed by atoms with Crippen molar-refractivity contribution in [2.75, 3.05) is 0 Å². The van der Waals surface area contributed by atoms with Crippen LogP contribution in [0.4, 0.5) is 0 Å². The molecule has 0 spiro atoms. The number of hydrogen-bond acceptors (Lipinski definition) is 3. The molecule has 0 bridgehead atoms. The van der Waals surface area contributed by atoms with E-state index in [2.05, 4.69) is 78.6 Å². The van der Waals surface area contributed by atoms with E-state index in [1.54, 1.807) is 11.8 Å². The van der Waals surface area contributed by atoms with E-state index in [9.17, 15) is 5.26 Å². The van der Waals surface area contributed by atoms with Gasteiger partial charge in [0.1, 0.15) is 0 Å². The van der Waals surface area contributed by atoms with Crippen LogP contribution in [0.25, 0.3) is 10.6 Å². The Morgan fingerprint density at radius 3 is 2.31 bits per heavy atom. The van der Waals surface area contributed by atoms with E-state index in [1.165, 1.54) is 21.7 Å². The van der Waals surface area contributed by atoms with Gasteiger partial charge in [0.15, 0.2) is 0 Å². The second-order valence-electron chi connectivity index (χ2n) is 6.73. The zero-order valence-corrected chi connectivity index (χ0v) is 15.8. The van der Waals surface area contributed by atoms with Gasteiger partial charge in [-0.1, -0.05) is 79.3 Å². The molecule has 2 aliphatic heterocycles. The van der Waals surface area contributed by atoms with Crippen molar-refractivity contribution >= 4 is 22.4 Å². The highest BCUT2D eigenvalue weighted by molar-refractivity contribution is 8.12. The summed E-state index contributed by atoms with van der Waals surface area (Å²) in [5.41, 5.74) is 4.65. The lowest BCUT2D eigenvalue weighted by Gasteiger charge is -2.31. The zero-order valence-electron chi connectivity index (χ0n) is 15.0. The summed E-state index contributed by atoms with van der Waals surface area (Å²) in [6.45, 7) is 2.26. The van der Waals surface area contributed by atoms with Crippen molar-refractivity contribution in [1.29, 1.82) is 5.26 Å². The van der Waals surface area contributed by atoms with Crippen LogP contribution in [0.2, 0.25) is 0 Å². The molecule has 0 fully saturated rings. The first-order valence-corrected chi connectivity index (χ1v) is 10.1. The average molecular weight is 359 g/mol. The molecule has 1 atom stereocenters. The largest absolute Gasteiger partial charge is 0.331 e. The Kier molecular flexibility index (Phi) is 4.86. The second-order valence-corrected chi connectivity index (χ2v) is 7.73. The fourth-order valence-corrected chi connectivity index (χ4v) is 5.22. The van der Waals surface area contributed by atoms with Gasteiger partial charge in [0.25, 0.3) is 0 Å². The highest BCUT2D eigenvalue weighted by Gasteiger charge is 2.37. The summed E-state index contributed by atoms with van der Waals surface area (Å²) in [5.74, 6) is 0. The summed E-state index contributed by atoms with van der Waals surface area (Å²) >= 11 is 1.78. The maximum Gasteiger partial charge on any atom is 0.0974 e. The van der Waals surface area contributed by atoms with Crippen LogP contribution >= 0.6 is 11.8 Å². The average Bonchev–Trinajstić information content (AvgIpc) is 3.01. The normalized spacial score (nSPS) is 20.0. The summed E-state index contributed by atoms with van der Waals surface area (Å²) in [6.07, 6.45) is 4.19. The molecule has 2 nitrogen and oxygen atoms in total. The molecular weight excluding hydrogens is 336 g/mol. The van der Waals surface area contributed by atoms with Crippen molar-refractivity contribution in [1.82, 2.24) is 4.90 Å². The SMILES string of the molecule is CCC1CCCC(C#N)=C2SC(c3ccccc3)=C(c3ccccc3)N21. The smallest absolute Gasteiger partial charge is 0.0974 e. The Balaban J connectivity index is 1.96. The van der Waals surface area contributed by atoms with Crippen LogP contribution in [0.1, 0.15) is 43.7 Å². The lowest BCUT2D eigenvalue weighted by atomic mass is 10.0. The molecule has 3 heteroatoms. The van der Waals surface area contributed by atoms with Gasteiger partial charge in [-0.25, -0.2) is 0 Å². The Morgan fingerprint density at radius 1 is 1.04 bits per heavy atom. The van der Waals surface area contributed by atoms with Gasteiger partial charge in [-0.15, -0.1) is 0 Å². The fraction of sp³-hybridized carbons (Fsp3) is 0.261. The van der Waals surface area contributed by atoms with E-state index in [1.807, 2.05) is 0 Å². The van der Waals surface area contributed by atoms with Gasteiger partial charge < -0.3 is 4.90 Å². The predicted molar refractivity (Wildman–Crippen MR) is 110 cm³/mol. The van der Waals surface area contributed by atoms with Crippen molar-refractivity contribution in [3.63, 3.8) is 0 Å². The monoisotopic (exact) mass is 358 g/mol. The minimum atomic E-state index is 0.444. The zero-order chi connectivity index (χ0) is 17.9. The fourth-order valence-electron chi connectivity index (χ4n) is 3.85. The summed E-state index contributed by atoms with van der Waals surface area (Å²) in [6, 6.07) is 24.1. The van der Waals surface area contributed by atoms with Crippen molar-refractivity contribution < 1.29 is 0 Å². The van der Waals surface area contributed by atoms with Gasteiger partial charge in [0, 0.05) is 10.9 Å². The quantitative estimate of drug-likeness (QED) is 0.648. The summed E-state index contributed by atoms with van der Waals surface area (Å²) in [5, 5.41) is 10.9. The standard InChI is InChI=1S/C23H22N2S/c1-2-20-15-9-14-19(16-24)23-25(20)21(17-10-5-3-6-11-17)22(26-23)18-12-7-4-8-13-18/h3-8,10-13,20H,2,9,14-15H2,1H3. The summed E-state index contributed by atoms with van der Waals surface area (Å²) in [4.78, 5) is 3.73. The molecule has 0 saturated heterocycles. The molecule has 2 aromatic rings. The first-order chi connectivity index (χ1) is 12.8. The lowest BCUT2D eigenvalue weighted by Crippen LogP contribution is -2.29. The number of thioether (sulfide) groups is 1. The van der Waals surface area contributed by atoms with Crippen molar-refractivity contribution in [3.8, 4) is 6.07 Å². The van der Waals surface area contributed by atoms with Gasteiger partial charge in [-0.2, -0.15) is 5.26 Å². The molecule has 2 aliphatic rings. The van der Waals surface area contributed by atoms with E-state index in [0.717, 1.165) is 36.3 Å². The van der Waals surface area contributed by atoms with Crippen LogP contribution < -0.4 is 0 Å². The topological polar surface area (TPSA) is 27.0 Å². The molecule has 0 aliphatic carbocycles. The van der Waals surface area contributed by atoms with Crippen LogP contribution in [0.15, 0.2) is 71.3 Å². The number of benzene rings is 2. The van der Waals surface area contributed by atoms with Crippen molar-refractivity contribution in [2.45, 2.75) is 38.6 Å². The van der Waals surface area contributed by atoms with Crippen LogP contribution in [-0.4, -0.2) is 10.9 Å². The van der Waals surface area contributed by atoms with Gasteiger partial charge in [0.2, 0.25) is 0 Å². The molecule has 0 amide bonds. The first kappa shape index (κ1) is 17.0. The van der Waals surface area contributed by atoms with Crippen molar-refractivity contribution in [3.05, 3.63) is 82.4 Å². The Labute approximate surface area is 159 Å². The molecule has 0 saturated carbocycles. The molecule has 0 radical (unpaired) electrons. The number of hydrogen-bond donors (Lipinski definition) is 0. The minimum Gasteiger partial charge on any atom is -0.331 e. The molecule has 130 valence electrons. The predicted octanol–water partition coefficient (Wildman–Crippen LogP) is 6.26. The molecular formula is C23H22N2S. The number of rotatable bonds is 3. The third-order valence-corrected chi connectivity index (χ3v) is 6.42. The van der Waals surface area contributed by atoms with Crippen LogP contribution in [0, 0.1) is 11.3 Å². The van der Waals surface area contributed by atoms with Crippen LogP contribution in [0.3, 0.4) is 0 Å². The van der Waals surface area contributed by atoms with E-state index in [-0.39, 0.29) is 0 Å². The molecule has 0 N–H and O–H groups in total. The molecule has 0 aromatic heterocycles. The molecule has 26 heavy (non-hydrogen) atoms. The van der Waals surface area contributed by atoms with Gasteiger partial charge in [-0.05, 0) is 36.8 Å². The molecule has 2 aromatic carbocycles. The third-order valence-electron chi connectivity index (χ3n) is 5.15. The van der Waals surface area contributed by atoms with Crippen molar-refractivity contribution in [2.24, 2.45) is 0 Å². The molecule has 4 rings (SSSR count). The maximum atomic E-state index is 9.77. The Hall–Kier alpha value is -2.44. The van der Waals surface area contributed by atoms with E-state index >= 15 is 0 Å². The maximum absolute atomic E-state index is 9.77.